The smallest absolute Gasteiger partial charge is 0.127 e. The van der Waals surface area contributed by atoms with Gasteiger partial charge in [-0.15, -0.1) is 0 Å². The first-order valence-corrected chi connectivity index (χ1v) is 6.63. The van der Waals surface area contributed by atoms with Crippen LogP contribution in [0.5, 0.6) is 0 Å². The molecule has 1 rings (SSSR count). The maximum absolute atomic E-state index is 4.55. The lowest BCUT2D eigenvalue weighted by atomic mass is 10.1. The number of hydrogen-bond acceptors (Lipinski definition) is 4. The molecule has 0 saturated heterocycles. The molecule has 2 unspecified atom stereocenters. The molecule has 4 nitrogen and oxygen atoms in total. The predicted octanol–water partition coefficient (Wildman–Crippen LogP) is 2.07. The second kappa shape index (κ2) is 7.21. The normalized spacial score (nSPS) is 21.6. The van der Waals surface area contributed by atoms with Gasteiger partial charge in [-0.1, -0.05) is 13.0 Å². The van der Waals surface area contributed by atoms with Gasteiger partial charge in [0, 0.05) is 25.2 Å². The molecule has 0 saturated carbocycles. The summed E-state index contributed by atoms with van der Waals surface area (Å²) in [5, 5.41) is 6.26. The number of likely N-dealkylation sites (N-methyl/N-ethyl adjacent to an activating group) is 1. The molecule has 4 heteroatoms. The Labute approximate surface area is 111 Å². The summed E-state index contributed by atoms with van der Waals surface area (Å²) in [5.74, 6) is 0. The molecule has 18 heavy (non-hydrogen) atoms. The highest BCUT2D eigenvalue weighted by molar-refractivity contribution is 5.61. The van der Waals surface area contributed by atoms with Crippen LogP contribution in [0, 0.1) is 0 Å². The van der Waals surface area contributed by atoms with Crippen molar-refractivity contribution in [3.8, 4) is 0 Å². The van der Waals surface area contributed by atoms with Crippen LogP contribution < -0.4 is 10.6 Å². The summed E-state index contributed by atoms with van der Waals surface area (Å²) in [6, 6.07) is 0.536. The highest BCUT2D eigenvalue weighted by Crippen LogP contribution is 2.20. The molecule has 1 heterocycles. The third-order valence-electron chi connectivity index (χ3n) is 3.60. The number of nitrogens with zero attached hydrogens (tertiary/aromatic N) is 2. The van der Waals surface area contributed by atoms with Crippen LogP contribution in [0.3, 0.4) is 0 Å². The van der Waals surface area contributed by atoms with Crippen LogP contribution in [0.2, 0.25) is 0 Å². The average Bonchev–Trinajstić information content (AvgIpc) is 2.39. The van der Waals surface area contributed by atoms with Crippen LogP contribution in [-0.2, 0) is 0 Å². The van der Waals surface area contributed by atoms with Crippen LogP contribution in [-0.4, -0.2) is 37.5 Å². The van der Waals surface area contributed by atoms with Crippen LogP contribution in [0.15, 0.2) is 28.5 Å². The summed E-state index contributed by atoms with van der Waals surface area (Å²) in [7, 11) is 4.05. The van der Waals surface area contributed by atoms with E-state index in [1.807, 2.05) is 19.6 Å². The van der Waals surface area contributed by atoms with Gasteiger partial charge >= 0.3 is 0 Å². The summed E-state index contributed by atoms with van der Waals surface area (Å²) in [6.07, 6.45) is 8.10. The minimum atomic E-state index is 0.166. The zero-order valence-corrected chi connectivity index (χ0v) is 12.2. The summed E-state index contributed by atoms with van der Waals surface area (Å²) in [5.41, 5.74) is 2.55. The fourth-order valence-electron chi connectivity index (χ4n) is 2.02. The molecule has 2 atom stereocenters. The molecule has 0 radical (unpaired) electrons. The molecule has 0 aromatic rings. The maximum atomic E-state index is 4.55. The number of nitrogens with one attached hydrogen (secondary N) is 2. The molecular formula is C14H26N4. The number of allylic oxidation sites excluding steroid dienone is 1. The van der Waals surface area contributed by atoms with Crippen molar-refractivity contribution in [2.45, 2.75) is 45.8 Å². The zero-order valence-electron chi connectivity index (χ0n) is 12.2. The summed E-state index contributed by atoms with van der Waals surface area (Å²) in [4.78, 5) is 6.88. The van der Waals surface area contributed by atoms with E-state index in [4.69, 9.17) is 0 Å². The van der Waals surface area contributed by atoms with Gasteiger partial charge < -0.3 is 10.6 Å². The van der Waals surface area contributed by atoms with Gasteiger partial charge in [0.15, 0.2) is 0 Å². The van der Waals surface area contributed by atoms with Gasteiger partial charge in [-0.2, -0.15) is 0 Å². The van der Waals surface area contributed by atoms with Crippen molar-refractivity contribution < 1.29 is 0 Å². The van der Waals surface area contributed by atoms with Crippen LogP contribution >= 0.6 is 0 Å². The van der Waals surface area contributed by atoms with Gasteiger partial charge in [0.05, 0.1) is 6.34 Å². The predicted molar refractivity (Wildman–Crippen MR) is 78.4 cm³/mol. The SMILES string of the molecule is CCC(C)N(C)C1N=CNC(C/C=C\NC)=C1C. The number of aliphatic imine (C=N–C) groups is 1. The van der Waals surface area contributed by atoms with Crippen LogP contribution in [0.4, 0.5) is 0 Å². The highest BCUT2D eigenvalue weighted by atomic mass is 15.3. The Morgan fingerprint density at radius 3 is 2.94 bits per heavy atom. The molecule has 102 valence electrons. The Bertz CT molecular complexity index is 344. The molecule has 0 aromatic heterocycles. The first-order chi connectivity index (χ1) is 8.61. The maximum Gasteiger partial charge on any atom is 0.127 e. The van der Waals surface area contributed by atoms with E-state index >= 15 is 0 Å². The first-order valence-electron chi connectivity index (χ1n) is 6.63. The Morgan fingerprint density at radius 1 is 1.61 bits per heavy atom. The fraction of sp³-hybridized carbons (Fsp3) is 0.643. The van der Waals surface area contributed by atoms with E-state index in [1.165, 1.54) is 11.3 Å². The van der Waals surface area contributed by atoms with E-state index in [9.17, 15) is 0 Å². The lowest BCUT2D eigenvalue weighted by Gasteiger charge is -2.33. The molecule has 0 aliphatic carbocycles. The monoisotopic (exact) mass is 250 g/mol. The Hall–Kier alpha value is -1.29. The lowest BCUT2D eigenvalue weighted by Crippen LogP contribution is -2.41. The van der Waals surface area contributed by atoms with Gasteiger partial charge in [0.25, 0.3) is 0 Å². The van der Waals surface area contributed by atoms with Crippen molar-refractivity contribution in [2.75, 3.05) is 14.1 Å². The van der Waals surface area contributed by atoms with Crippen molar-refractivity contribution in [3.05, 3.63) is 23.5 Å². The molecule has 0 spiro atoms. The van der Waals surface area contributed by atoms with Crippen LogP contribution in [0.1, 0.15) is 33.6 Å². The van der Waals surface area contributed by atoms with Crippen molar-refractivity contribution in [1.82, 2.24) is 15.5 Å². The minimum absolute atomic E-state index is 0.166. The average molecular weight is 250 g/mol. The van der Waals surface area contributed by atoms with E-state index in [0.29, 0.717) is 6.04 Å². The number of rotatable bonds is 6. The van der Waals surface area contributed by atoms with Crippen molar-refractivity contribution in [3.63, 3.8) is 0 Å². The minimum Gasteiger partial charge on any atom is -0.394 e. The Morgan fingerprint density at radius 2 is 2.33 bits per heavy atom. The molecule has 1 aliphatic heterocycles. The molecule has 1 aliphatic rings. The molecule has 0 bridgehead atoms. The van der Waals surface area contributed by atoms with E-state index in [-0.39, 0.29) is 6.17 Å². The Kier molecular flexibility index (Phi) is 5.92. The second-order valence-corrected chi connectivity index (χ2v) is 4.78. The van der Waals surface area contributed by atoms with Gasteiger partial charge in [-0.05, 0) is 39.1 Å². The number of hydrogen-bond donors (Lipinski definition) is 2. The van der Waals surface area contributed by atoms with E-state index in [2.05, 4.69) is 54.4 Å². The second-order valence-electron chi connectivity index (χ2n) is 4.78. The topological polar surface area (TPSA) is 39.7 Å². The van der Waals surface area contributed by atoms with Crippen molar-refractivity contribution >= 4 is 6.34 Å². The third kappa shape index (κ3) is 3.60. The van der Waals surface area contributed by atoms with Gasteiger partial charge in [0.1, 0.15) is 6.17 Å². The lowest BCUT2D eigenvalue weighted by molar-refractivity contribution is 0.205. The van der Waals surface area contributed by atoms with E-state index in [0.717, 1.165) is 12.8 Å². The first kappa shape index (κ1) is 14.8. The van der Waals surface area contributed by atoms with Gasteiger partial charge in [-0.3, -0.25) is 9.89 Å². The Balaban J connectivity index is 2.77. The summed E-state index contributed by atoms with van der Waals surface area (Å²) in [6.45, 7) is 6.61. The summed E-state index contributed by atoms with van der Waals surface area (Å²) >= 11 is 0. The zero-order chi connectivity index (χ0) is 13.5. The molecule has 0 fully saturated rings. The highest BCUT2D eigenvalue weighted by Gasteiger charge is 2.23. The molecular weight excluding hydrogens is 224 g/mol. The van der Waals surface area contributed by atoms with Crippen LogP contribution in [0.25, 0.3) is 0 Å². The van der Waals surface area contributed by atoms with E-state index in [1.54, 1.807) is 0 Å². The van der Waals surface area contributed by atoms with Crippen molar-refractivity contribution in [1.29, 1.82) is 0 Å². The fourth-order valence-corrected chi connectivity index (χ4v) is 2.02. The molecule has 0 amide bonds. The van der Waals surface area contributed by atoms with Crippen molar-refractivity contribution in [2.24, 2.45) is 4.99 Å². The summed E-state index contributed by atoms with van der Waals surface area (Å²) < 4.78 is 0. The quantitative estimate of drug-likeness (QED) is 0.758. The van der Waals surface area contributed by atoms with E-state index < -0.39 is 0 Å². The molecule has 2 N–H and O–H groups in total. The molecule has 0 aromatic carbocycles. The standard InChI is InChI=1S/C14H26N4/c1-6-11(2)18(5)14-12(3)13(16-10-17-14)8-7-9-15-4/h7,9-11,14-15H,6,8H2,1-5H3,(H,16,17)/b9-7-. The van der Waals surface area contributed by atoms with Gasteiger partial charge in [0.2, 0.25) is 0 Å². The van der Waals surface area contributed by atoms with Gasteiger partial charge in [-0.25, -0.2) is 0 Å². The third-order valence-corrected chi connectivity index (χ3v) is 3.60. The largest absolute Gasteiger partial charge is 0.394 e.